The summed E-state index contributed by atoms with van der Waals surface area (Å²) in [4.78, 5) is 21.5. The summed E-state index contributed by atoms with van der Waals surface area (Å²) in [5.74, 6) is 0.400. The van der Waals surface area contributed by atoms with Crippen LogP contribution < -0.4 is 5.32 Å². The topological polar surface area (TPSA) is 89.4 Å². The van der Waals surface area contributed by atoms with E-state index in [-0.39, 0.29) is 26.4 Å². The highest BCUT2D eigenvalue weighted by molar-refractivity contribution is 6.33. The van der Waals surface area contributed by atoms with Crippen molar-refractivity contribution in [2.45, 2.75) is 6.92 Å². The number of anilines is 1. The molecule has 0 spiro atoms. The molecule has 0 fully saturated rings. The summed E-state index contributed by atoms with van der Waals surface area (Å²) in [6.07, 6.45) is 0. The Labute approximate surface area is 139 Å². The van der Waals surface area contributed by atoms with Crippen molar-refractivity contribution in [3.8, 4) is 0 Å². The molecule has 0 aliphatic carbocycles. The van der Waals surface area contributed by atoms with Crippen LogP contribution in [0.1, 0.15) is 6.92 Å². The first-order valence-electron chi connectivity index (χ1n) is 4.94. The predicted octanol–water partition coefficient (Wildman–Crippen LogP) is 3.44. The van der Waals surface area contributed by atoms with Gasteiger partial charge in [-0.15, -0.1) is 0 Å². The fourth-order valence-corrected chi connectivity index (χ4v) is 1.84. The van der Waals surface area contributed by atoms with Crippen LogP contribution in [0, 0.1) is 0 Å². The number of hydrogen-bond donors (Lipinski definition) is 1. The molecule has 2 heterocycles. The van der Waals surface area contributed by atoms with Crippen LogP contribution in [-0.2, 0) is 0 Å². The van der Waals surface area contributed by atoms with Gasteiger partial charge in [0.2, 0.25) is 32.4 Å². The van der Waals surface area contributed by atoms with Gasteiger partial charge in [-0.2, -0.15) is 29.9 Å². The van der Waals surface area contributed by atoms with Crippen molar-refractivity contribution in [3.05, 3.63) is 26.4 Å². The first-order chi connectivity index (χ1) is 9.40. The molecule has 1 N–H and O–H groups in total. The maximum absolute atomic E-state index is 5.50. The van der Waals surface area contributed by atoms with E-state index in [0.29, 0.717) is 5.95 Å². The first-order valence-corrected chi connectivity index (χ1v) is 6.83. The lowest BCUT2D eigenvalue weighted by molar-refractivity contribution is 1.02. The molecule has 7 nitrogen and oxygen atoms in total. The van der Waals surface area contributed by atoms with E-state index in [1.54, 1.807) is 0 Å². The lowest BCUT2D eigenvalue weighted by Gasteiger charge is -1.99. The van der Waals surface area contributed by atoms with E-state index < -0.39 is 0 Å². The highest BCUT2D eigenvalue weighted by atomic mass is 35.5. The monoisotopic (exact) mass is 375 g/mol. The van der Waals surface area contributed by atoms with E-state index in [4.69, 9.17) is 58.0 Å². The molecule has 0 saturated heterocycles. The first kappa shape index (κ1) is 17.3. The Morgan fingerprint density at radius 3 is 1.25 bits per heavy atom. The summed E-state index contributed by atoms with van der Waals surface area (Å²) in [5.41, 5.74) is 0. The number of halogens is 5. The van der Waals surface area contributed by atoms with Crippen molar-refractivity contribution in [2.75, 3.05) is 11.9 Å². The predicted molar refractivity (Wildman–Crippen MR) is 78.9 cm³/mol. The normalized spacial score (nSPS) is 9.70. The molecule has 0 amide bonds. The van der Waals surface area contributed by atoms with Crippen molar-refractivity contribution < 1.29 is 0 Å². The lowest BCUT2D eigenvalue weighted by atomic mass is 10.7. The van der Waals surface area contributed by atoms with Crippen molar-refractivity contribution in [3.63, 3.8) is 0 Å². The van der Waals surface area contributed by atoms with Gasteiger partial charge >= 0.3 is 0 Å². The third kappa shape index (κ3) is 6.62. The summed E-state index contributed by atoms with van der Waals surface area (Å²) in [7, 11) is 0. The minimum Gasteiger partial charge on any atom is -0.354 e. The van der Waals surface area contributed by atoms with Gasteiger partial charge in [-0.25, -0.2) is 0 Å². The van der Waals surface area contributed by atoms with E-state index in [9.17, 15) is 0 Å². The lowest BCUT2D eigenvalue weighted by Crippen LogP contribution is -2.03. The zero-order valence-corrected chi connectivity index (χ0v) is 13.6. The molecule has 0 bridgehead atoms. The summed E-state index contributed by atoms with van der Waals surface area (Å²) in [6.45, 7) is 2.64. The molecule has 0 aliphatic rings. The standard InChI is InChI=1S/C5H6Cl2N4.C3Cl3N3/c1-2-8-5-10-3(6)9-4(7)11-5;4-1-7-2(5)9-3(6)8-1/h2H2,1H3,(H,8,9,10,11);. The number of nitrogens with zero attached hydrogens (tertiary/aromatic N) is 6. The SMILES string of the molecule is CCNc1nc(Cl)nc(Cl)n1.Clc1nc(Cl)nc(Cl)n1. The summed E-state index contributed by atoms with van der Waals surface area (Å²) >= 11 is 27.0. The molecule has 2 aromatic heterocycles. The molecule has 0 unspecified atom stereocenters. The van der Waals surface area contributed by atoms with Crippen molar-refractivity contribution in [1.82, 2.24) is 29.9 Å². The maximum Gasteiger partial charge on any atom is 0.228 e. The molecule has 20 heavy (non-hydrogen) atoms. The summed E-state index contributed by atoms with van der Waals surface area (Å²) in [6, 6.07) is 0. The van der Waals surface area contributed by atoms with Crippen LogP contribution in [0.5, 0.6) is 0 Å². The van der Waals surface area contributed by atoms with Crippen LogP contribution in [0.3, 0.4) is 0 Å². The molecule has 0 aromatic carbocycles. The van der Waals surface area contributed by atoms with Gasteiger partial charge in [0.25, 0.3) is 0 Å². The second kappa shape index (κ2) is 8.53. The molecular weight excluding hydrogens is 371 g/mol. The minimum absolute atomic E-state index is 0.000000000000000444. The number of aromatic nitrogens is 6. The molecule has 0 aliphatic heterocycles. The van der Waals surface area contributed by atoms with Crippen LogP contribution >= 0.6 is 58.0 Å². The molecule has 0 atom stereocenters. The maximum atomic E-state index is 5.50. The average molecular weight is 377 g/mol. The quantitative estimate of drug-likeness (QED) is 0.857. The molecular formula is C8H6Cl5N7. The highest BCUT2D eigenvalue weighted by Gasteiger charge is 2.00. The van der Waals surface area contributed by atoms with Gasteiger partial charge in [0.05, 0.1) is 0 Å². The Morgan fingerprint density at radius 2 is 0.950 bits per heavy atom. The van der Waals surface area contributed by atoms with E-state index >= 15 is 0 Å². The fourth-order valence-electron chi connectivity index (χ4n) is 0.866. The van der Waals surface area contributed by atoms with E-state index in [0.717, 1.165) is 6.54 Å². The smallest absolute Gasteiger partial charge is 0.228 e. The van der Waals surface area contributed by atoms with Gasteiger partial charge in [-0.1, -0.05) is 0 Å². The van der Waals surface area contributed by atoms with Gasteiger partial charge in [0, 0.05) is 6.54 Å². The van der Waals surface area contributed by atoms with Gasteiger partial charge in [-0.3, -0.25) is 0 Å². The Hall–Kier alpha value is -0.730. The fraction of sp³-hybridized carbons (Fsp3) is 0.250. The molecule has 108 valence electrons. The largest absolute Gasteiger partial charge is 0.354 e. The zero-order chi connectivity index (χ0) is 15.1. The number of hydrogen-bond acceptors (Lipinski definition) is 7. The highest BCUT2D eigenvalue weighted by Crippen LogP contribution is 2.09. The number of nitrogens with one attached hydrogen (secondary N) is 1. The van der Waals surface area contributed by atoms with Gasteiger partial charge in [0.15, 0.2) is 0 Å². The summed E-state index contributed by atoms with van der Waals surface area (Å²) in [5, 5.41) is 3.05. The average Bonchev–Trinajstić information content (AvgIpc) is 2.26. The molecule has 2 aromatic rings. The second-order valence-corrected chi connectivity index (χ2v) is 4.56. The van der Waals surface area contributed by atoms with Crippen molar-refractivity contribution in [1.29, 1.82) is 0 Å². The molecule has 2 rings (SSSR count). The third-order valence-corrected chi connectivity index (χ3v) is 2.31. The molecule has 0 saturated carbocycles. The number of rotatable bonds is 2. The van der Waals surface area contributed by atoms with Gasteiger partial charge in [0.1, 0.15) is 0 Å². The van der Waals surface area contributed by atoms with Gasteiger partial charge < -0.3 is 5.32 Å². The van der Waals surface area contributed by atoms with Crippen LogP contribution in [0.25, 0.3) is 0 Å². The van der Waals surface area contributed by atoms with E-state index in [1.165, 1.54) is 0 Å². The van der Waals surface area contributed by atoms with Crippen molar-refractivity contribution in [2.24, 2.45) is 0 Å². The summed E-state index contributed by atoms with van der Waals surface area (Å²) < 4.78 is 0. The van der Waals surface area contributed by atoms with Crippen LogP contribution in [-0.4, -0.2) is 36.4 Å². The zero-order valence-electron chi connectivity index (χ0n) is 9.78. The van der Waals surface area contributed by atoms with Crippen LogP contribution in [0.15, 0.2) is 0 Å². The minimum atomic E-state index is 0.000000000000000444. The van der Waals surface area contributed by atoms with Crippen molar-refractivity contribution >= 4 is 64.0 Å². The Balaban J connectivity index is 0.000000204. The van der Waals surface area contributed by atoms with Gasteiger partial charge in [-0.05, 0) is 64.9 Å². The molecule has 12 heteroatoms. The van der Waals surface area contributed by atoms with E-state index in [2.05, 4.69) is 35.2 Å². The molecule has 0 radical (unpaired) electrons. The van der Waals surface area contributed by atoms with Crippen LogP contribution in [0.4, 0.5) is 5.95 Å². The Bertz CT molecular complexity index is 510. The Kier molecular flexibility index (Phi) is 7.39. The third-order valence-electron chi connectivity index (χ3n) is 1.47. The Morgan fingerprint density at radius 1 is 0.650 bits per heavy atom. The second-order valence-electron chi connectivity index (χ2n) is 2.87. The van der Waals surface area contributed by atoms with E-state index in [1.807, 2.05) is 6.92 Å². The van der Waals surface area contributed by atoms with Crippen LogP contribution in [0.2, 0.25) is 26.4 Å².